The van der Waals surface area contributed by atoms with Crippen LogP contribution in [0.5, 0.6) is 5.75 Å². The minimum absolute atomic E-state index is 0.0106. The molecular formula is C40H53N3O7S2. The van der Waals surface area contributed by atoms with E-state index in [2.05, 4.69) is 29.4 Å². The minimum atomic E-state index is -3.80. The standard InChI is InChI=1S/C40H53N3O7S2/c1-6-9-21-40(22-10-7-2)26-43(30-19-15-12-16-20-30)31-23-33(51-5)32(24-34(31)52(48,49)27-40)50-25-35(44)41-37(29-17-13-11-14-18-29)38(45)42-36(39(46)47)28(4)8-3/h11-20,23-24,28,36-37H,6-10,21-22,25-27H2,1-5H3,(H,41,44)(H,42,45)(H,46,47)/t28?,36-,37+/m0/s1. The summed E-state index contributed by atoms with van der Waals surface area (Å²) in [4.78, 5) is 41.8. The molecule has 0 spiro atoms. The van der Waals surface area contributed by atoms with Crippen molar-refractivity contribution in [2.45, 2.75) is 94.5 Å². The SMILES string of the molecule is CCCCC1(CCCC)CN(c2ccccc2)c2cc(SC)c(OCC(=O)N[C@@H](C(=O)N[C@H](C(=O)O)C(C)CC)c3ccccc3)cc2S(=O)(=O)C1. The van der Waals surface area contributed by atoms with Crippen LogP contribution in [0.1, 0.15) is 84.2 Å². The van der Waals surface area contributed by atoms with Crippen molar-refractivity contribution in [2.24, 2.45) is 11.3 Å². The van der Waals surface area contributed by atoms with Gasteiger partial charge in [0.2, 0.25) is 5.91 Å². The van der Waals surface area contributed by atoms with Gasteiger partial charge in [0.25, 0.3) is 5.91 Å². The first-order valence-electron chi connectivity index (χ1n) is 18.2. The lowest BCUT2D eigenvalue weighted by atomic mass is 9.79. The first kappa shape index (κ1) is 40.7. The van der Waals surface area contributed by atoms with Crippen LogP contribution in [-0.4, -0.2) is 62.5 Å². The number of aliphatic carboxylic acids is 1. The fourth-order valence-electron chi connectivity index (χ4n) is 6.79. The number of amides is 2. The summed E-state index contributed by atoms with van der Waals surface area (Å²) in [6.45, 7) is 7.88. The number of nitrogens with one attached hydrogen (secondary N) is 2. The second kappa shape index (κ2) is 18.6. The Balaban J connectivity index is 1.67. The Morgan fingerprint density at radius 1 is 0.942 bits per heavy atom. The van der Waals surface area contributed by atoms with Crippen LogP contribution in [0.2, 0.25) is 0 Å². The second-order valence-corrected chi connectivity index (χ2v) is 16.6. The van der Waals surface area contributed by atoms with E-state index < -0.39 is 51.7 Å². The van der Waals surface area contributed by atoms with E-state index in [4.69, 9.17) is 4.74 Å². The summed E-state index contributed by atoms with van der Waals surface area (Å²) in [5.74, 6) is -2.54. The van der Waals surface area contributed by atoms with Crippen LogP contribution in [0, 0.1) is 11.3 Å². The fourth-order valence-corrected chi connectivity index (χ4v) is 9.46. The number of sulfone groups is 1. The van der Waals surface area contributed by atoms with E-state index in [0.717, 1.165) is 44.2 Å². The number of rotatable bonds is 18. The zero-order chi connectivity index (χ0) is 37.9. The number of anilines is 2. The van der Waals surface area contributed by atoms with Gasteiger partial charge in [0.1, 0.15) is 17.8 Å². The average Bonchev–Trinajstić information content (AvgIpc) is 3.24. The molecule has 2 amide bonds. The quantitative estimate of drug-likeness (QED) is 0.112. The number of carbonyl (C=O) groups is 3. The average molecular weight is 752 g/mol. The molecule has 3 aromatic rings. The molecule has 52 heavy (non-hydrogen) atoms. The molecule has 3 aromatic carbocycles. The van der Waals surface area contributed by atoms with Gasteiger partial charge in [-0.15, -0.1) is 11.8 Å². The zero-order valence-electron chi connectivity index (χ0n) is 30.9. The van der Waals surface area contributed by atoms with E-state index in [1.807, 2.05) is 49.6 Å². The molecule has 0 saturated carbocycles. The third kappa shape index (κ3) is 10.1. The fraction of sp³-hybridized carbons (Fsp3) is 0.475. The highest BCUT2D eigenvalue weighted by molar-refractivity contribution is 7.98. The van der Waals surface area contributed by atoms with Crippen molar-refractivity contribution in [2.75, 3.05) is 30.1 Å². The van der Waals surface area contributed by atoms with Crippen molar-refractivity contribution in [3.05, 3.63) is 78.4 Å². The van der Waals surface area contributed by atoms with Crippen molar-refractivity contribution in [1.82, 2.24) is 10.6 Å². The first-order valence-corrected chi connectivity index (χ1v) is 21.0. The number of carboxylic acids is 1. The molecule has 0 fully saturated rings. The third-order valence-corrected chi connectivity index (χ3v) is 12.6. The van der Waals surface area contributed by atoms with Gasteiger partial charge in [-0.3, -0.25) is 9.59 Å². The molecule has 10 nitrogen and oxygen atoms in total. The highest BCUT2D eigenvalue weighted by Gasteiger charge is 2.42. The van der Waals surface area contributed by atoms with Crippen molar-refractivity contribution < 1.29 is 32.6 Å². The molecule has 0 aliphatic carbocycles. The van der Waals surface area contributed by atoms with E-state index in [0.29, 0.717) is 29.1 Å². The largest absolute Gasteiger partial charge is 0.483 e. The second-order valence-electron chi connectivity index (χ2n) is 13.8. The minimum Gasteiger partial charge on any atom is -0.483 e. The Morgan fingerprint density at radius 2 is 1.56 bits per heavy atom. The molecule has 0 bridgehead atoms. The van der Waals surface area contributed by atoms with E-state index in [-0.39, 0.29) is 22.3 Å². The smallest absolute Gasteiger partial charge is 0.326 e. The topological polar surface area (TPSA) is 142 Å². The number of carbonyl (C=O) groups excluding carboxylic acids is 2. The molecule has 282 valence electrons. The lowest BCUT2D eigenvalue weighted by molar-refractivity contribution is -0.143. The summed E-state index contributed by atoms with van der Waals surface area (Å²) in [5, 5.41) is 15.1. The molecule has 1 heterocycles. The third-order valence-electron chi connectivity index (χ3n) is 9.89. The van der Waals surface area contributed by atoms with Crippen molar-refractivity contribution in [1.29, 1.82) is 0 Å². The number of nitrogens with zero attached hydrogens (tertiary/aromatic N) is 1. The van der Waals surface area contributed by atoms with Crippen LogP contribution in [0.15, 0.2) is 82.6 Å². The lowest BCUT2D eigenvalue weighted by Gasteiger charge is -2.37. The van der Waals surface area contributed by atoms with Gasteiger partial charge in [0.15, 0.2) is 16.4 Å². The first-order chi connectivity index (χ1) is 24.9. The monoisotopic (exact) mass is 751 g/mol. The molecular weight excluding hydrogens is 699 g/mol. The number of hydrogen-bond acceptors (Lipinski definition) is 8. The molecule has 12 heteroatoms. The van der Waals surface area contributed by atoms with Crippen LogP contribution in [-0.2, 0) is 24.2 Å². The van der Waals surface area contributed by atoms with Gasteiger partial charge in [-0.05, 0) is 48.8 Å². The van der Waals surface area contributed by atoms with Crippen LogP contribution >= 0.6 is 11.8 Å². The zero-order valence-corrected chi connectivity index (χ0v) is 32.5. The van der Waals surface area contributed by atoms with E-state index >= 15 is 0 Å². The van der Waals surface area contributed by atoms with Gasteiger partial charge in [0, 0.05) is 23.7 Å². The van der Waals surface area contributed by atoms with Crippen LogP contribution in [0.25, 0.3) is 0 Å². The Hall–Kier alpha value is -4.03. The Labute approximate surface area is 313 Å². The van der Waals surface area contributed by atoms with Crippen LogP contribution < -0.4 is 20.3 Å². The summed E-state index contributed by atoms with van der Waals surface area (Å²) < 4.78 is 34.9. The van der Waals surface area contributed by atoms with Gasteiger partial charge in [-0.2, -0.15) is 0 Å². The number of fused-ring (bicyclic) bond motifs is 1. The number of unbranched alkanes of at least 4 members (excludes halogenated alkanes) is 2. The van der Waals surface area contributed by atoms with Crippen molar-refractivity contribution >= 4 is 50.8 Å². The van der Waals surface area contributed by atoms with Crippen LogP contribution in [0.3, 0.4) is 0 Å². The molecule has 1 aliphatic rings. The molecule has 3 atom stereocenters. The molecule has 0 saturated heterocycles. The number of ether oxygens (including phenoxy) is 1. The Kier molecular flexibility index (Phi) is 14.6. The molecule has 4 rings (SSSR count). The number of para-hydroxylation sites is 1. The maximum atomic E-state index is 14.4. The predicted molar refractivity (Wildman–Crippen MR) is 207 cm³/mol. The predicted octanol–water partition coefficient (Wildman–Crippen LogP) is 7.55. The highest BCUT2D eigenvalue weighted by Crippen LogP contribution is 2.47. The van der Waals surface area contributed by atoms with Crippen LogP contribution in [0.4, 0.5) is 11.4 Å². The molecule has 1 aliphatic heterocycles. The maximum Gasteiger partial charge on any atom is 0.326 e. The number of thioether (sulfide) groups is 1. The van der Waals surface area contributed by atoms with Gasteiger partial charge < -0.3 is 25.4 Å². The van der Waals surface area contributed by atoms with E-state index in [1.54, 1.807) is 43.3 Å². The van der Waals surface area contributed by atoms with Gasteiger partial charge in [-0.25, -0.2) is 13.2 Å². The van der Waals surface area contributed by atoms with E-state index in [1.165, 1.54) is 11.8 Å². The molecule has 0 aromatic heterocycles. The van der Waals surface area contributed by atoms with Crippen molar-refractivity contribution in [3.63, 3.8) is 0 Å². The lowest BCUT2D eigenvalue weighted by Crippen LogP contribution is -2.50. The number of hydrogen-bond donors (Lipinski definition) is 3. The molecule has 1 unspecified atom stereocenters. The number of benzene rings is 3. The Bertz CT molecular complexity index is 1760. The highest BCUT2D eigenvalue weighted by atomic mass is 32.2. The summed E-state index contributed by atoms with van der Waals surface area (Å²) in [5.41, 5.74) is 1.50. The van der Waals surface area contributed by atoms with Gasteiger partial charge in [0.05, 0.1) is 21.2 Å². The molecule has 0 radical (unpaired) electrons. The summed E-state index contributed by atoms with van der Waals surface area (Å²) in [6, 6.07) is 19.5. The normalized spacial score (nSPS) is 16.4. The summed E-state index contributed by atoms with van der Waals surface area (Å²) in [6.07, 6.45) is 7.76. The maximum absolute atomic E-state index is 14.4. The number of carboxylic acid groups (broad SMARTS) is 1. The van der Waals surface area contributed by atoms with Gasteiger partial charge in [-0.1, -0.05) is 108 Å². The summed E-state index contributed by atoms with van der Waals surface area (Å²) >= 11 is 1.38. The van der Waals surface area contributed by atoms with E-state index in [9.17, 15) is 27.9 Å². The van der Waals surface area contributed by atoms with Gasteiger partial charge >= 0.3 is 5.97 Å². The van der Waals surface area contributed by atoms with Crippen molar-refractivity contribution in [3.8, 4) is 5.75 Å². The molecule has 3 N–H and O–H groups in total. The Morgan fingerprint density at radius 3 is 2.12 bits per heavy atom. The summed E-state index contributed by atoms with van der Waals surface area (Å²) in [7, 11) is -3.80.